The zero-order valence-electron chi connectivity index (χ0n) is 11.1. The standard InChI is InChI=1S/C15H14F2N2O2/c16-11-5-6-12(18)14(17)13(11)15(21)19-10-3-1-9(2-4-10)7-8-20/h1-6,20H,7-8,18H2,(H,19,21). The van der Waals surface area contributed by atoms with E-state index in [1.54, 1.807) is 24.3 Å². The van der Waals surface area contributed by atoms with Gasteiger partial charge in [0.25, 0.3) is 5.91 Å². The molecule has 4 nitrogen and oxygen atoms in total. The molecule has 0 saturated heterocycles. The van der Waals surface area contributed by atoms with E-state index in [4.69, 9.17) is 10.8 Å². The molecule has 2 aromatic rings. The molecule has 110 valence electrons. The maximum absolute atomic E-state index is 13.7. The lowest BCUT2D eigenvalue weighted by Gasteiger charge is -2.09. The van der Waals surface area contributed by atoms with E-state index in [9.17, 15) is 13.6 Å². The number of hydrogen-bond acceptors (Lipinski definition) is 3. The average molecular weight is 292 g/mol. The predicted octanol–water partition coefficient (Wildman–Crippen LogP) is 2.33. The lowest BCUT2D eigenvalue weighted by Crippen LogP contribution is -2.16. The van der Waals surface area contributed by atoms with Crippen LogP contribution in [0.15, 0.2) is 36.4 Å². The zero-order valence-corrected chi connectivity index (χ0v) is 11.1. The zero-order chi connectivity index (χ0) is 15.4. The number of carbonyl (C=O) groups is 1. The van der Waals surface area contributed by atoms with Gasteiger partial charge in [-0.3, -0.25) is 4.79 Å². The van der Waals surface area contributed by atoms with Crippen molar-refractivity contribution < 1.29 is 18.7 Å². The molecule has 0 spiro atoms. The van der Waals surface area contributed by atoms with E-state index in [1.165, 1.54) is 0 Å². The Balaban J connectivity index is 2.20. The van der Waals surface area contributed by atoms with Crippen molar-refractivity contribution in [2.24, 2.45) is 0 Å². The third kappa shape index (κ3) is 3.35. The number of carbonyl (C=O) groups excluding carboxylic acids is 1. The van der Waals surface area contributed by atoms with Crippen molar-refractivity contribution in [3.05, 3.63) is 59.2 Å². The van der Waals surface area contributed by atoms with Crippen LogP contribution >= 0.6 is 0 Å². The van der Waals surface area contributed by atoms with Gasteiger partial charge < -0.3 is 16.2 Å². The smallest absolute Gasteiger partial charge is 0.261 e. The molecule has 0 fully saturated rings. The molecule has 21 heavy (non-hydrogen) atoms. The topological polar surface area (TPSA) is 75.4 Å². The number of benzene rings is 2. The van der Waals surface area contributed by atoms with Gasteiger partial charge in [-0.25, -0.2) is 8.78 Å². The van der Waals surface area contributed by atoms with Gasteiger partial charge in [0.1, 0.15) is 11.4 Å². The Morgan fingerprint density at radius 3 is 2.43 bits per heavy atom. The first kappa shape index (κ1) is 14.9. The second kappa shape index (κ2) is 6.32. The minimum absolute atomic E-state index is 0.0193. The molecule has 0 aliphatic carbocycles. The van der Waals surface area contributed by atoms with Gasteiger partial charge in [-0.2, -0.15) is 0 Å². The van der Waals surface area contributed by atoms with Crippen LogP contribution in [-0.4, -0.2) is 17.6 Å². The van der Waals surface area contributed by atoms with Crippen molar-refractivity contribution in [3.8, 4) is 0 Å². The fraction of sp³-hybridized carbons (Fsp3) is 0.133. The highest BCUT2D eigenvalue weighted by Gasteiger charge is 2.19. The minimum Gasteiger partial charge on any atom is -0.396 e. The highest BCUT2D eigenvalue weighted by Crippen LogP contribution is 2.20. The fourth-order valence-electron chi connectivity index (χ4n) is 1.85. The number of nitrogens with two attached hydrogens (primary N) is 1. The largest absolute Gasteiger partial charge is 0.396 e. The second-order valence-electron chi connectivity index (χ2n) is 4.45. The molecule has 4 N–H and O–H groups in total. The SMILES string of the molecule is Nc1ccc(F)c(C(=O)Nc2ccc(CCO)cc2)c1F. The van der Waals surface area contributed by atoms with Gasteiger partial charge in [-0.05, 0) is 36.2 Å². The Bertz CT molecular complexity index is 657. The van der Waals surface area contributed by atoms with E-state index in [0.29, 0.717) is 12.1 Å². The van der Waals surface area contributed by atoms with Gasteiger partial charge in [0.15, 0.2) is 5.82 Å². The van der Waals surface area contributed by atoms with Crippen LogP contribution in [0, 0.1) is 11.6 Å². The summed E-state index contributed by atoms with van der Waals surface area (Å²) in [6, 6.07) is 8.59. The molecule has 0 unspecified atom stereocenters. The fourth-order valence-corrected chi connectivity index (χ4v) is 1.85. The summed E-state index contributed by atoms with van der Waals surface area (Å²) >= 11 is 0. The van der Waals surface area contributed by atoms with E-state index < -0.39 is 23.1 Å². The van der Waals surface area contributed by atoms with Gasteiger partial charge in [0.2, 0.25) is 0 Å². The molecule has 1 amide bonds. The maximum atomic E-state index is 13.7. The highest BCUT2D eigenvalue weighted by molar-refractivity contribution is 6.05. The number of amides is 1. The number of nitrogen functional groups attached to an aromatic ring is 1. The minimum atomic E-state index is -1.08. The number of aliphatic hydroxyl groups excluding tert-OH is 1. The quantitative estimate of drug-likeness (QED) is 0.757. The van der Waals surface area contributed by atoms with Gasteiger partial charge in [0.05, 0.1) is 5.69 Å². The molecule has 0 aliphatic rings. The van der Waals surface area contributed by atoms with Crippen molar-refractivity contribution in [2.45, 2.75) is 6.42 Å². The molecular formula is C15H14F2N2O2. The monoisotopic (exact) mass is 292 g/mol. The summed E-state index contributed by atoms with van der Waals surface area (Å²) in [5, 5.41) is 11.2. The van der Waals surface area contributed by atoms with Gasteiger partial charge in [-0.15, -0.1) is 0 Å². The lowest BCUT2D eigenvalue weighted by atomic mass is 10.1. The molecule has 0 saturated carbocycles. The Morgan fingerprint density at radius 2 is 1.81 bits per heavy atom. The van der Waals surface area contributed by atoms with E-state index in [-0.39, 0.29) is 12.3 Å². The predicted molar refractivity (Wildman–Crippen MR) is 76.0 cm³/mol. The van der Waals surface area contributed by atoms with Crippen molar-refractivity contribution >= 4 is 17.3 Å². The Kier molecular flexibility index (Phi) is 4.49. The van der Waals surface area contributed by atoms with E-state index in [0.717, 1.165) is 17.7 Å². The third-order valence-electron chi connectivity index (χ3n) is 2.96. The van der Waals surface area contributed by atoms with Crippen molar-refractivity contribution in [1.29, 1.82) is 0 Å². The van der Waals surface area contributed by atoms with Crippen LogP contribution in [0.25, 0.3) is 0 Å². The summed E-state index contributed by atoms with van der Waals surface area (Å²) < 4.78 is 27.3. The molecule has 0 bridgehead atoms. The van der Waals surface area contributed by atoms with Crippen LogP contribution in [0.5, 0.6) is 0 Å². The van der Waals surface area contributed by atoms with Crippen molar-refractivity contribution in [3.63, 3.8) is 0 Å². The van der Waals surface area contributed by atoms with Crippen LogP contribution in [0.4, 0.5) is 20.2 Å². The van der Waals surface area contributed by atoms with E-state index in [1.807, 2.05) is 0 Å². The summed E-state index contributed by atoms with van der Waals surface area (Å²) in [6.07, 6.45) is 0.493. The lowest BCUT2D eigenvalue weighted by molar-refractivity contribution is 0.101. The Labute approximate surface area is 120 Å². The number of nitrogens with one attached hydrogen (secondary N) is 1. The van der Waals surface area contributed by atoms with Crippen molar-refractivity contribution in [2.75, 3.05) is 17.7 Å². The normalized spacial score (nSPS) is 10.4. The van der Waals surface area contributed by atoms with Gasteiger partial charge in [-0.1, -0.05) is 12.1 Å². The first-order valence-corrected chi connectivity index (χ1v) is 6.27. The molecular weight excluding hydrogens is 278 g/mol. The number of halogens is 2. The van der Waals surface area contributed by atoms with E-state index in [2.05, 4.69) is 5.32 Å². The summed E-state index contributed by atoms with van der Waals surface area (Å²) in [5.41, 5.74) is 5.60. The summed E-state index contributed by atoms with van der Waals surface area (Å²) in [7, 11) is 0. The molecule has 0 atom stereocenters. The maximum Gasteiger partial charge on any atom is 0.261 e. The Morgan fingerprint density at radius 1 is 1.14 bits per heavy atom. The van der Waals surface area contributed by atoms with Gasteiger partial charge >= 0.3 is 0 Å². The molecule has 0 radical (unpaired) electrons. The molecule has 6 heteroatoms. The van der Waals surface area contributed by atoms with Crippen LogP contribution in [0.2, 0.25) is 0 Å². The van der Waals surface area contributed by atoms with E-state index >= 15 is 0 Å². The van der Waals surface area contributed by atoms with Crippen molar-refractivity contribution in [1.82, 2.24) is 0 Å². The second-order valence-corrected chi connectivity index (χ2v) is 4.45. The molecule has 2 aromatic carbocycles. The summed E-state index contributed by atoms with van der Waals surface area (Å²) in [6.45, 7) is 0.0193. The van der Waals surface area contributed by atoms with Crippen LogP contribution < -0.4 is 11.1 Å². The summed E-state index contributed by atoms with van der Waals surface area (Å²) in [4.78, 5) is 11.9. The average Bonchev–Trinajstić information content (AvgIpc) is 2.46. The molecule has 2 rings (SSSR count). The van der Waals surface area contributed by atoms with Crippen LogP contribution in [-0.2, 0) is 6.42 Å². The third-order valence-corrected chi connectivity index (χ3v) is 2.96. The first-order chi connectivity index (χ1) is 10.0. The van der Waals surface area contributed by atoms with Gasteiger partial charge in [0, 0.05) is 12.3 Å². The van der Waals surface area contributed by atoms with Crippen LogP contribution in [0.3, 0.4) is 0 Å². The highest BCUT2D eigenvalue weighted by atomic mass is 19.1. The number of rotatable bonds is 4. The number of aliphatic hydroxyl groups is 1. The van der Waals surface area contributed by atoms with Crippen LogP contribution in [0.1, 0.15) is 15.9 Å². The molecule has 0 heterocycles. The molecule has 0 aromatic heterocycles. The molecule has 0 aliphatic heterocycles. The Hall–Kier alpha value is -2.47. The first-order valence-electron chi connectivity index (χ1n) is 6.27. The number of hydrogen-bond donors (Lipinski definition) is 3. The summed E-state index contributed by atoms with van der Waals surface area (Å²) in [5.74, 6) is -2.97. The number of anilines is 2.